The minimum atomic E-state index is -0.682. The van der Waals surface area contributed by atoms with Crippen LogP contribution in [0.5, 0.6) is 0 Å². The van der Waals surface area contributed by atoms with Crippen molar-refractivity contribution in [3.05, 3.63) is 48.0 Å². The Kier molecular flexibility index (Phi) is 3.36. The van der Waals surface area contributed by atoms with Crippen molar-refractivity contribution in [2.45, 2.75) is 44.4 Å². The molecule has 0 aromatic heterocycles. The fourth-order valence-corrected chi connectivity index (χ4v) is 2.70. The third-order valence-electron chi connectivity index (χ3n) is 3.51. The van der Waals surface area contributed by atoms with Crippen molar-refractivity contribution < 1.29 is 19.0 Å². The monoisotopic (exact) mass is 274 g/mol. The van der Waals surface area contributed by atoms with Crippen molar-refractivity contribution in [2.24, 2.45) is 0 Å². The summed E-state index contributed by atoms with van der Waals surface area (Å²) in [5, 5.41) is 0. The van der Waals surface area contributed by atoms with Gasteiger partial charge in [-0.05, 0) is 19.4 Å². The highest BCUT2D eigenvalue weighted by Crippen LogP contribution is 2.41. The molecular weight excluding hydrogens is 256 g/mol. The van der Waals surface area contributed by atoms with E-state index in [4.69, 9.17) is 14.2 Å². The van der Waals surface area contributed by atoms with Crippen LogP contribution < -0.4 is 0 Å². The third-order valence-corrected chi connectivity index (χ3v) is 3.51. The van der Waals surface area contributed by atoms with Gasteiger partial charge in [0.25, 0.3) is 0 Å². The predicted molar refractivity (Wildman–Crippen MR) is 72.9 cm³/mol. The van der Waals surface area contributed by atoms with Gasteiger partial charge >= 0.3 is 5.97 Å². The molecule has 0 spiro atoms. The van der Waals surface area contributed by atoms with E-state index in [0.29, 0.717) is 6.42 Å². The van der Waals surface area contributed by atoms with E-state index in [1.54, 1.807) is 0 Å². The zero-order valence-electron chi connectivity index (χ0n) is 11.6. The number of carbonyl (C=O) groups is 1. The van der Waals surface area contributed by atoms with Crippen molar-refractivity contribution in [3.63, 3.8) is 0 Å². The SMILES string of the molecule is CC1(C)O[C@@H]([C@H]2CC=CC(=O)O2)[C@@H](c2ccccc2)O1. The van der Waals surface area contributed by atoms with Gasteiger partial charge in [0.2, 0.25) is 0 Å². The normalized spacial score (nSPS) is 32.1. The molecule has 0 amide bonds. The quantitative estimate of drug-likeness (QED) is 0.778. The van der Waals surface area contributed by atoms with Crippen LogP contribution in [-0.2, 0) is 19.0 Å². The van der Waals surface area contributed by atoms with Gasteiger partial charge in [-0.3, -0.25) is 0 Å². The summed E-state index contributed by atoms with van der Waals surface area (Å²) >= 11 is 0. The first-order chi connectivity index (χ1) is 9.55. The van der Waals surface area contributed by atoms with E-state index in [2.05, 4.69) is 0 Å². The molecule has 2 aliphatic heterocycles. The van der Waals surface area contributed by atoms with Gasteiger partial charge in [-0.1, -0.05) is 36.4 Å². The summed E-state index contributed by atoms with van der Waals surface area (Å²) < 4.78 is 17.4. The van der Waals surface area contributed by atoms with Crippen molar-refractivity contribution in [1.29, 1.82) is 0 Å². The standard InChI is InChI=1S/C16H18O4/c1-16(2)19-14(11-7-4-3-5-8-11)15(20-16)12-9-6-10-13(17)18-12/h3-8,10,12,14-15H,9H2,1-2H3/t12-,14-,15+/m1/s1. The van der Waals surface area contributed by atoms with E-state index in [1.165, 1.54) is 6.08 Å². The second-order valence-electron chi connectivity index (χ2n) is 5.54. The Balaban J connectivity index is 1.87. The maximum Gasteiger partial charge on any atom is 0.330 e. The van der Waals surface area contributed by atoms with Crippen LogP contribution in [0.15, 0.2) is 42.5 Å². The van der Waals surface area contributed by atoms with Crippen LogP contribution in [0.3, 0.4) is 0 Å². The van der Waals surface area contributed by atoms with Crippen molar-refractivity contribution in [1.82, 2.24) is 0 Å². The smallest absolute Gasteiger partial charge is 0.330 e. The maximum atomic E-state index is 11.4. The minimum absolute atomic E-state index is 0.226. The van der Waals surface area contributed by atoms with E-state index in [0.717, 1.165) is 5.56 Å². The van der Waals surface area contributed by atoms with Crippen molar-refractivity contribution in [2.75, 3.05) is 0 Å². The van der Waals surface area contributed by atoms with Crippen LogP contribution >= 0.6 is 0 Å². The van der Waals surface area contributed by atoms with Gasteiger partial charge in [-0.2, -0.15) is 0 Å². The molecule has 0 N–H and O–H groups in total. The molecule has 0 radical (unpaired) electrons. The molecule has 1 saturated heterocycles. The van der Waals surface area contributed by atoms with E-state index < -0.39 is 5.79 Å². The second kappa shape index (κ2) is 5.04. The summed E-state index contributed by atoms with van der Waals surface area (Å²) in [5.74, 6) is -1.000. The molecular formula is C16H18O4. The van der Waals surface area contributed by atoms with E-state index >= 15 is 0 Å². The Morgan fingerprint density at radius 2 is 1.90 bits per heavy atom. The van der Waals surface area contributed by atoms with E-state index in [1.807, 2.05) is 50.3 Å². The average Bonchev–Trinajstić information content (AvgIpc) is 2.76. The largest absolute Gasteiger partial charge is 0.456 e. The highest BCUT2D eigenvalue weighted by Gasteiger charge is 2.47. The number of hydrogen-bond acceptors (Lipinski definition) is 4. The molecule has 20 heavy (non-hydrogen) atoms. The van der Waals surface area contributed by atoms with Gasteiger partial charge in [-0.25, -0.2) is 4.79 Å². The fourth-order valence-electron chi connectivity index (χ4n) is 2.70. The number of carbonyl (C=O) groups excluding carboxylic acids is 1. The van der Waals surface area contributed by atoms with Crippen LogP contribution in [0.4, 0.5) is 0 Å². The highest BCUT2D eigenvalue weighted by atomic mass is 16.8. The van der Waals surface area contributed by atoms with Crippen LogP contribution in [0.2, 0.25) is 0 Å². The fraction of sp³-hybridized carbons (Fsp3) is 0.438. The molecule has 4 nitrogen and oxygen atoms in total. The number of cyclic esters (lactones) is 1. The lowest BCUT2D eigenvalue weighted by Gasteiger charge is -2.27. The lowest BCUT2D eigenvalue weighted by molar-refractivity contribution is -0.168. The third kappa shape index (κ3) is 2.62. The molecule has 106 valence electrons. The maximum absolute atomic E-state index is 11.4. The first-order valence-corrected chi connectivity index (χ1v) is 6.83. The molecule has 1 aromatic carbocycles. The number of hydrogen-bond donors (Lipinski definition) is 0. The van der Waals surface area contributed by atoms with Crippen LogP contribution in [0.25, 0.3) is 0 Å². The van der Waals surface area contributed by atoms with E-state index in [9.17, 15) is 4.79 Å². The summed E-state index contributed by atoms with van der Waals surface area (Å²) in [7, 11) is 0. The Morgan fingerprint density at radius 3 is 2.60 bits per heavy atom. The minimum Gasteiger partial charge on any atom is -0.456 e. The van der Waals surface area contributed by atoms with Crippen LogP contribution in [0.1, 0.15) is 31.9 Å². The molecule has 2 heterocycles. The zero-order chi connectivity index (χ0) is 14.2. The molecule has 0 aliphatic carbocycles. The number of rotatable bonds is 2. The van der Waals surface area contributed by atoms with E-state index in [-0.39, 0.29) is 24.3 Å². The molecule has 0 saturated carbocycles. The van der Waals surface area contributed by atoms with Gasteiger partial charge < -0.3 is 14.2 Å². The summed E-state index contributed by atoms with van der Waals surface area (Å²) in [4.78, 5) is 11.4. The molecule has 0 bridgehead atoms. The van der Waals surface area contributed by atoms with Crippen LogP contribution in [0, 0.1) is 0 Å². The topological polar surface area (TPSA) is 44.8 Å². The van der Waals surface area contributed by atoms with Crippen molar-refractivity contribution in [3.8, 4) is 0 Å². The average molecular weight is 274 g/mol. The molecule has 4 heteroatoms. The predicted octanol–water partition coefficient (Wildman–Crippen LogP) is 2.75. The van der Waals surface area contributed by atoms with Crippen LogP contribution in [-0.4, -0.2) is 24.0 Å². The lowest BCUT2D eigenvalue weighted by Crippen LogP contribution is -2.36. The Hall–Kier alpha value is -1.65. The van der Waals surface area contributed by atoms with Gasteiger partial charge in [0.05, 0.1) is 0 Å². The number of ether oxygens (including phenoxy) is 3. The van der Waals surface area contributed by atoms with Gasteiger partial charge in [0.15, 0.2) is 5.79 Å². The molecule has 3 atom stereocenters. The molecule has 2 aliphatic rings. The first-order valence-electron chi connectivity index (χ1n) is 6.83. The molecule has 1 aromatic rings. The lowest BCUT2D eigenvalue weighted by atomic mass is 9.98. The number of benzene rings is 1. The second-order valence-corrected chi connectivity index (χ2v) is 5.54. The Morgan fingerprint density at radius 1 is 1.15 bits per heavy atom. The zero-order valence-corrected chi connectivity index (χ0v) is 11.6. The Labute approximate surface area is 118 Å². The highest BCUT2D eigenvalue weighted by molar-refractivity contribution is 5.82. The molecule has 1 fully saturated rings. The van der Waals surface area contributed by atoms with Gasteiger partial charge in [-0.15, -0.1) is 0 Å². The first kappa shape index (κ1) is 13.3. The summed E-state index contributed by atoms with van der Waals surface area (Å²) in [6, 6.07) is 9.90. The molecule has 0 unspecified atom stereocenters. The summed E-state index contributed by atoms with van der Waals surface area (Å²) in [6.07, 6.45) is 3.11. The van der Waals surface area contributed by atoms with Crippen molar-refractivity contribution >= 4 is 5.97 Å². The van der Waals surface area contributed by atoms with Gasteiger partial charge in [0.1, 0.15) is 18.3 Å². The molecule has 3 rings (SSSR count). The number of esters is 1. The summed E-state index contributed by atoms with van der Waals surface area (Å²) in [5.41, 5.74) is 1.04. The van der Waals surface area contributed by atoms with Gasteiger partial charge in [0, 0.05) is 12.5 Å². The summed E-state index contributed by atoms with van der Waals surface area (Å²) in [6.45, 7) is 3.76. The Bertz CT molecular complexity index is 521.